The van der Waals surface area contributed by atoms with Crippen LogP contribution >= 0.6 is 0 Å². The number of anilines is 1. The Balaban J connectivity index is 1.43. The number of rotatable bonds is 7. The van der Waals surface area contributed by atoms with Crippen LogP contribution in [0.25, 0.3) is 11.4 Å². The van der Waals surface area contributed by atoms with Gasteiger partial charge in [0.05, 0.1) is 12.6 Å². The molecule has 0 aliphatic carbocycles. The molecule has 4 rings (SSSR count). The second-order valence-electron chi connectivity index (χ2n) is 7.05. The summed E-state index contributed by atoms with van der Waals surface area (Å²) in [6.45, 7) is 4.15. The van der Waals surface area contributed by atoms with E-state index < -0.39 is 0 Å². The minimum absolute atomic E-state index is 0.220. The van der Waals surface area contributed by atoms with Crippen molar-refractivity contribution in [3.63, 3.8) is 0 Å². The topological polar surface area (TPSA) is 85.5 Å². The van der Waals surface area contributed by atoms with Crippen LogP contribution in [-0.4, -0.2) is 66.1 Å². The Hall–Kier alpha value is -2.03. The summed E-state index contributed by atoms with van der Waals surface area (Å²) >= 11 is 0. The number of pyridine rings is 1. The lowest BCUT2D eigenvalue weighted by Gasteiger charge is -2.33. The van der Waals surface area contributed by atoms with Gasteiger partial charge in [0, 0.05) is 44.7 Å². The van der Waals surface area contributed by atoms with Gasteiger partial charge in [0.2, 0.25) is 11.7 Å². The number of nitrogens with one attached hydrogen (secondary N) is 1. The highest BCUT2D eigenvalue weighted by molar-refractivity contribution is 5.55. The van der Waals surface area contributed by atoms with Crippen LogP contribution in [0.2, 0.25) is 0 Å². The highest BCUT2D eigenvalue weighted by atomic mass is 16.5. The standard InChI is InChI=1S/C19H27N5O3/c1-25-12-8-20-17-5-4-14(13-21-17)18-22-19(27-23-18)16-3-2-9-24(16)15-6-10-26-11-7-15/h4-5,13,15-16H,2-3,6-12H2,1H3,(H,20,21)/t16-/m1/s1. The summed E-state index contributed by atoms with van der Waals surface area (Å²) in [5, 5.41) is 7.40. The zero-order valence-corrected chi connectivity index (χ0v) is 15.8. The first-order chi connectivity index (χ1) is 13.3. The van der Waals surface area contributed by atoms with Crippen LogP contribution in [0.5, 0.6) is 0 Å². The van der Waals surface area contributed by atoms with Crippen molar-refractivity contribution >= 4 is 5.82 Å². The molecule has 27 heavy (non-hydrogen) atoms. The molecular weight excluding hydrogens is 346 g/mol. The molecule has 2 saturated heterocycles. The van der Waals surface area contributed by atoms with Crippen molar-refractivity contribution in [2.75, 3.05) is 45.3 Å². The quantitative estimate of drug-likeness (QED) is 0.741. The summed E-state index contributed by atoms with van der Waals surface area (Å²) in [6.07, 6.45) is 6.18. The second-order valence-corrected chi connectivity index (χ2v) is 7.05. The third kappa shape index (κ3) is 4.28. The molecule has 1 N–H and O–H groups in total. The molecular formula is C19H27N5O3. The van der Waals surface area contributed by atoms with Crippen molar-refractivity contribution in [3.05, 3.63) is 24.2 Å². The summed E-state index contributed by atoms with van der Waals surface area (Å²) in [5.74, 6) is 2.12. The fourth-order valence-electron chi connectivity index (χ4n) is 3.91. The van der Waals surface area contributed by atoms with Crippen molar-refractivity contribution < 1.29 is 14.0 Å². The van der Waals surface area contributed by atoms with Gasteiger partial charge < -0.3 is 19.3 Å². The zero-order chi connectivity index (χ0) is 18.5. The molecule has 0 aromatic carbocycles. The number of methoxy groups -OCH3 is 1. The highest BCUT2D eigenvalue weighted by Crippen LogP contribution is 2.35. The summed E-state index contributed by atoms with van der Waals surface area (Å²) in [6, 6.07) is 4.66. The maximum Gasteiger partial charge on any atom is 0.244 e. The van der Waals surface area contributed by atoms with E-state index in [9.17, 15) is 0 Å². The fourth-order valence-corrected chi connectivity index (χ4v) is 3.91. The van der Waals surface area contributed by atoms with Gasteiger partial charge in [-0.25, -0.2) is 4.98 Å². The van der Waals surface area contributed by atoms with Crippen LogP contribution < -0.4 is 5.32 Å². The van der Waals surface area contributed by atoms with Gasteiger partial charge in [0.15, 0.2) is 0 Å². The molecule has 2 aliphatic heterocycles. The van der Waals surface area contributed by atoms with E-state index in [1.54, 1.807) is 13.3 Å². The second kappa shape index (κ2) is 8.77. The fraction of sp³-hybridized carbons (Fsp3) is 0.632. The Bertz CT molecular complexity index is 714. The molecule has 0 spiro atoms. The van der Waals surface area contributed by atoms with Gasteiger partial charge in [-0.05, 0) is 44.4 Å². The van der Waals surface area contributed by atoms with Crippen LogP contribution in [0.15, 0.2) is 22.9 Å². The molecule has 4 heterocycles. The minimum Gasteiger partial charge on any atom is -0.383 e. The Kier molecular flexibility index (Phi) is 5.96. The first kappa shape index (κ1) is 18.3. The molecule has 2 aromatic heterocycles. The van der Waals surface area contributed by atoms with Crippen LogP contribution in [0.3, 0.4) is 0 Å². The third-order valence-electron chi connectivity index (χ3n) is 5.31. The van der Waals surface area contributed by atoms with Gasteiger partial charge in [0.1, 0.15) is 5.82 Å². The molecule has 1 atom stereocenters. The zero-order valence-electron chi connectivity index (χ0n) is 15.8. The number of hydrogen-bond donors (Lipinski definition) is 1. The van der Waals surface area contributed by atoms with E-state index in [-0.39, 0.29) is 6.04 Å². The molecule has 2 fully saturated rings. The van der Waals surface area contributed by atoms with E-state index in [1.807, 2.05) is 12.1 Å². The Morgan fingerprint density at radius 1 is 1.26 bits per heavy atom. The molecule has 0 amide bonds. The van der Waals surface area contributed by atoms with Crippen LogP contribution in [0, 0.1) is 0 Å². The Morgan fingerprint density at radius 2 is 2.15 bits per heavy atom. The lowest BCUT2D eigenvalue weighted by atomic mass is 10.1. The van der Waals surface area contributed by atoms with Gasteiger partial charge in [-0.15, -0.1) is 0 Å². The average molecular weight is 373 g/mol. The van der Waals surface area contributed by atoms with E-state index >= 15 is 0 Å². The molecule has 0 bridgehead atoms. The van der Waals surface area contributed by atoms with E-state index in [2.05, 4.69) is 25.3 Å². The summed E-state index contributed by atoms with van der Waals surface area (Å²) in [7, 11) is 1.68. The number of ether oxygens (including phenoxy) is 2. The number of likely N-dealkylation sites (tertiary alicyclic amines) is 1. The van der Waals surface area contributed by atoms with E-state index in [4.69, 9.17) is 14.0 Å². The van der Waals surface area contributed by atoms with Crippen molar-refractivity contribution in [3.8, 4) is 11.4 Å². The molecule has 8 heteroatoms. The van der Waals surface area contributed by atoms with Crippen LogP contribution in [0.4, 0.5) is 5.82 Å². The molecule has 0 saturated carbocycles. The van der Waals surface area contributed by atoms with Crippen molar-refractivity contribution in [2.45, 2.75) is 37.8 Å². The Morgan fingerprint density at radius 3 is 2.93 bits per heavy atom. The monoisotopic (exact) mass is 373 g/mol. The van der Waals surface area contributed by atoms with Crippen LogP contribution in [0.1, 0.15) is 37.6 Å². The normalized spacial score (nSPS) is 21.6. The predicted octanol–water partition coefficient (Wildman–Crippen LogP) is 2.51. The van der Waals surface area contributed by atoms with Crippen molar-refractivity contribution in [2.24, 2.45) is 0 Å². The Labute approximate surface area is 159 Å². The van der Waals surface area contributed by atoms with Crippen LogP contribution in [-0.2, 0) is 9.47 Å². The first-order valence-corrected chi connectivity index (χ1v) is 9.71. The highest BCUT2D eigenvalue weighted by Gasteiger charge is 2.36. The smallest absolute Gasteiger partial charge is 0.244 e. The lowest BCUT2D eigenvalue weighted by Crippen LogP contribution is -2.39. The van der Waals surface area contributed by atoms with E-state index in [0.717, 1.165) is 62.8 Å². The summed E-state index contributed by atoms with van der Waals surface area (Å²) in [5.41, 5.74) is 0.859. The molecule has 146 valence electrons. The van der Waals surface area contributed by atoms with E-state index in [0.29, 0.717) is 18.5 Å². The third-order valence-corrected chi connectivity index (χ3v) is 5.31. The van der Waals surface area contributed by atoms with Gasteiger partial charge >= 0.3 is 0 Å². The summed E-state index contributed by atoms with van der Waals surface area (Å²) < 4.78 is 16.2. The number of aromatic nitrogens is 3. The lowest BCUT2D eigenvalue weighted by molar-refractivity contribution is 0.0243. The molecule has 2 aromatic rings. The van der Waals surface area contributed by atoms with E-state index in [1.165, 1.54) is 6.42 Å². The number of nitrogens with zero attached hydrogens (tertiary/aromatic N) is 4. The van der Waals surface area contributed by atoms with Gasteiger partial charge in [-0.2, -0.15) is 4.98 Å². The maximum atomic E-state index is 5.64. The molecule has 2 aliphatic rings. The molecule has 0 unspecified atom stereocenters. The largest absolute Gasteiger partial charge is 0.383 e. The first-order valence-electron chi connectivity index (χ1n) is 9.71. The summed E-state index contributed by atoms with van der Waals surface area (Å²) in [4.78, 5) is 11.6. The molecule has 8 nitrogen and oxygen atoms in total. The average Bonchev–Trinajstić information content (AvgIpc) is 3.39. The van der Waals surface area contributed by atoms with Crippen molar-refractivity contribution in [1.82, 2.24) is 20.0 Å². The molecule has 0 radical (unpaired) electrons. The minimum atomic E-state index is 0.220. The van der Waals surface area contributed by atoms with Gasteiger partial charge in [-0.1, -0.05) is 5.16 Å². The predicted molar refractivity (Wildman–Crippen MR) is 100 cm³/mol. The SMILES string of the molecule is COCCNc1ccc(-c2noc([C@H]3CCCN3C3CCOCC3)n2)cn1. The number of hydrogen-bond acceptors (Lipinski definition) is 8. The maximum absolute atomic E-state index is 5.64. The van der Waals surface area contributed by atoms with Gasteiger partial charge in [0.25, 0.3) is 0 Å². The van der Waals surface area contributed by atoms with Gasteiger partial charge in [-0.3, -0.25) is 4.90 Å². The van der Waals surface area contributed by atoms with Crippen molar-refractivity contribution in [1.29, 1.82) is 0 Å².